The summed E-state index contributed by atoms with van der Waals surface area (Å²) in [6.07, 6.45) is 0. The molecule has 3 N–H and O–H groups in total. The van der Waals surface area contributed by atoms with E-state index in [1.165, 1.54) is 4.90 Å². The summed E-state index contributed by atoms with van der Waals surface area (Å²) >= 11 is 0. The van der Waals surface area contributed by atoms with Crippen LogP contribution in [-0.2, 0) is 14.4 Å². The Morgan fingerprint density at radius 3 is 2.33 bits per heavy atom. The number of aliphatic hydroxyl groups is 1. The van der Waals surface area contributed by atoms with Crippen LogP contribution in [0.4, 0.5) is 0 Å². The number of carbonyl (C=O) groups is 3. The topological polar surface area (TPSA) is 122 Å². The van der Waals surface area contributed by atoms with Gasteiger partial charge in [-0.05, 0) is 61.5 Å². The zero-order chi connectivity index (χ0) is 26.4. The standard InChI is InChI=1S/C27H33N3O6/c1-5-29(6-2)13-14-30-24(18-7-10-20(11-8-18)36-16-22(28)31)23(26(33)27(30)34)25(32)19-9-12-21(35-4)17(3)15-19/h7-12,15,24,32H,5-6,13-14,16H2,1-4H3,(H2,28,31). The molecule has 1 aliphatic heterocycles. The minimum Gasteiger partial charge on any atom is -0.507 e. The average molecular weight is 496 g/mol. The summed E-state index contributed by atoms with van der Waals surface area (Å²) in [4.78, 5) is 41.1. The highest BCUT2D eigenvalue weighted by atomic mass is 16.5. The maximum absolute atomic E-state index is 13.2. The Hall–Kier alpha value is -3.85. The fourth-order valence-electron chi connectivity index (χ4n) is 4.33. The number of primary amides is 1. The number of benzene rings is 2. The van der Waals surface area contributed by atoms with Crippen LogP contribution < -0.4 is 15.2 Å². The Morgan fingerprint density at radius 1 is 1.11 bits per heavy atom. The first-order valence-corrected chi connectivity index (χ1v) is 11.9. The second-order valence-corrected chi connectivity index (χ2v) is 8.53. The van der Waals surface area contributed by atoms with Gasteiger partial charge in [0.2, 0.25) is 0 Å². The van der Waals surface area contributed by atoms with Crippen LogP contribution in [0.1, 0.15) is 36.6 Å². The average Bonchev–Trinajstić information content (AvgIpc) is 3.12. The third-order valence-corrected chi connectivity index (χ3v) is 6.34. The van der Waals surface area contributed by atoms with Gasteiger partial charge in [-0.2, -0.15) is 0 Å². The molecule has 192 valence electrons. The summed E-state index contributed by atoms with van der Waals surface area (Å²) in [5, 5.41) is 11.3. The van der Waals surface area contributed by atoms with Crippen molar-refractivity contribution in [2.75, 3.05) is 39.9 Å². The van der Waals surface area contributed by atoms with E-state index >= 15 is 0 Å². The number of ketones is 1. The molecule has 1 unspecified atom stereocenters. The molecule has 0 saturated carbocycles. The molecule has 0 bridgehead atoms. The molecule has 0 spiro atoms. The van der Waals surface area contributed by atoms with Gasteiger partial charge in [0, 0.05) is 18.7 Å². The number of amides is 2. The predicted octanol–water partition coefficient (Wildman–Crippen LogP) is 2.63. The normalized spacial score (nSPS) is 17.0. The number of nitrogens with zero attached hydrogens (tertiary/aromatic N) is 2. The summed E-state index contributed by atoms with van der Waals surface area (Å²) in [5.41, 5.74) is 7.00. The molecule has 1 heterocycles. The lowest BCUT2D eigenvalue weighted by molar-refractivity contribution is -0.140. The summed E-state index contributed by atoms with van der Waals surface area (Å²) in [5.74, 6) is -1.17. The van der Waals surface area contributed by atoms with E-state index < -0.39 is 23.6 Å². The molecule has 3 rings (SSSR count). The van der Waals surface area contributed by atoms with Crippen molar-refractivity contribution in [1.29, 1.82) is 0 Å². The van der Waals surface area contributed by atoms with Crippen molar-refractivity contribution in [1.82, 2.24) is 9.80 Å². The van der Waals surface area contributed by atoms with Crippen LogP contribution in [0, 0.1) is 6.92 Å². The van der Waals surface area contributed by atoms with E-state index in [0.29, 0.717) is 35.7 Å². The zero-order valence-corrected chi connectivity index (χ0v) is 21.1. The van der Waals surface area contributed by atoms with Gasteiger partial charge in [0.05, 0.1) is 18.7 Å². The van der Waals surface area contributed by atoms with Crippen molar-refractivity contribution >= 4 is 23.4 Å². The number of nitrogens with two attached hydrogens (primary N) is 1. The van der Waals surface area contributed by atoms with E-state index in [9.17, 15) is 19.5 Å². The van der Waals surface area contributed by atoms with E-state index in [4.69, 9.17) is 15.2 Å². The molecule has 2 aromatic carbocycles. The molecule has 0 radical (unpaired) electrons. The Bertz CT molecular complexity index is 1150. The van der Waals surface area contributed by atoms with Crippen LogP contribution in [0.5, 0.6) is 11.5 Å². The van der Waals surface area contributed by atoms with Crippen LogP contribution in [0.3, 0.4) is 0 Å². The van der Waals surface area contributed by atoms with E-state index in [1.54, 1.807) is 49.6 Å². The zero-order valence-electron chi connectivity index (χ0n) is 21.1. The highest BCUT2D eigenvalue weighted by molar-refractivity contribution is 6.46. The molecule has 1 fully saturated rings. The smallest absolute Gasteiger partial charge is 0.295 e. The molecule has 0 aliphatic carbocycles. The minimum absolute atomic E-state index is 0.0231. The summed E-state index contributed by atoms with van der Waals surface area (Å²) in [6, 6.07) is 11.0. The number of Topliss-reactive ketones (excluding diaryl/α,β-unsaturated/α-hetero) is 1. The first-order valence-electron chi connectivity index (χ1n) is 11.9. The number of likely N-dealkylation sites (tertiary alicyclic amines) is 1. The molecule has 1 aliphatic rings. The van der Waals surface area contributed by atoms with Crippen molar-refractivity contribution in [2.24, 2.45) is 5.73 Å². The minimum atomic E-state index is -0.784. The molecular formula is C27H33N3O6. The summed E-state index contributed by atoms with van der Waals surface area (Å²) in [6.45, 7) is 8.15. The molecule has 1 atom stereocenters. The van der Waals surface area contributed by atoms with Crippen LogP contribution in [-0.4, -0.2) is 72.4 Å². The largest absolute Gasteiger partial charge is 0.507 e. The van der Waals surface area contributed by atoms with Crippen LogP contribution in [0.2, 0.25) is 0 Å². The maximum atomic E-state index is 13.2. The van der Waals surface area contributed by atoms with Crippen molar-refractivity contribution in [3.8, 4) is 11.5 Å². The van der Waals surface area contributed by atoms with Gasteiger partial charge in [0.25, 0.3) is 17.6 Å². The fourth-order valence-corrected chi connectivity index (χ4v) is 4.33. The SMILES string of the molecule is CCN(CC)CCN1C(=O)C(=O)C(=C(O)c2ccc(OC)c(C)c2)C1c1ccc(OCC(N)=O)cc1. The molecule has 9 nitrogen and oxygen atoms in total. The lowest BCUT2D eigenvalue weighted by Gasteiger charge is -2.28. The van der Waals surface area contributed by atoms with Gasteiger partial charge in [-0.15, -0.1) is 0 Å². The van der Waals surface area contributed by atoms with Gasteiger partial charge in [-0.25, -0.2) is 0 Å². The van der Waals surface area contributed by atoms with Gasteiger partial charge >= 0.3 is 0 Å². The number of hydrogen-bond donors (Lipinski definition) is 2. The molecule has 36 heavy (non-hydrogen) atoms. The lowest BCUT2D eigenvalue weighted by atomic mass is 9.94. The van der Waals surface area contributed by atoms with E-state index in [-0.39, 0.29) is 17.9 Å². The second kappa shape index (κ2) is 11.7. The highest BCUT2D eigenvalue weighted by Crippen LogP contribution is 2.40. The summed E-state index contributed by atoms with van der Waals surface area (Å²) in [7, 11) is 1.56. The number of rotatable bonds is 11. The van der Waals surface area contributed by atoms with Crippen molar-refractivity contribution < 1.29 is 29.0 Å². The van der Waals surface area contributed by atoms with Gasteiger partial charge in [-0.3, -0.25) is 14.4 Å². The predicted molar refractivity (Wildman–Crippen MR) is 136 cm³/mol. The van der Waals surface area contributed by atoms with Crippen molar-refractivity contribution in [2.45, 2.75) is 26.8 Å². The Morgan fingerprint density at radius 2 is 1.78 bits per heavy atom. The number of carbonyl (C=O) groups excluding carboxylic acids is 3. The van der Waals surface area contributed by atoms with Crippen molar-refractivity contribution in [3.05, 3.63) is 64.7 Å². The molecule has 0 aromatic heterocycles. The number of aliphatic hydroxyl groups excluding tert-OH is 1. The third kappa shape index (κ3) is 5.68. The van der Waals surface area contributed by atoms with Crippen molar-refractivity contribution in [3.63, 3.8) is 0 Å². The van der Waals surface area contributed by atoms with Crippen LogP contribution in [0.25, 0.3) is 5.76 Å². The molecule has 9 heteroatoms. The third-order valence-electron chi connectivity index (χ3n) is 6.34. The molecule has 2 aromatic rings. The fraction of sp³-hybridized carbons (Fsp3) is 0.370. The highest BCUT2D eigenvalue weighted by Gasteiger charge is 2.46. The number of hydrogen-bond acceptors (Lipinski definition) is 7. The number of methoxy groups -OCH3 is 1. The van der Waals surface area contributed by atoms with Crippen LogP contribution >= 0.6 is 0 Å². The van der Waals surface area contributed by atoms with Gasteiger partial charge < -0.3 is 30.1 Å². The number of likely N-dealkylation sites (N-methyl/N-ethyl adjacent to an activating group) is 1. The van der Waals surface area contributed by atoms with Gasteiger partial charge in [0.15, 0.2) is 6.61 Å². The molecule has 1 saturated heterocycles. The molecular weight excluding hydrogens is 462 g/mol. The monoisotopic (exact) mass is 495 g/mol. The summed E-state index contributed by atoms with van der Waals surface area (Å²) < 4.78 is 10.6. The second-order valence-electron chi connectivity index (χ2n) is 8.53. The quantitative estimate of drug-likeness (QED) is 0.279. The number of aryl methyl sites for hydroxylation is 1. The van der Waals surface area contributed by atoms with E-state index in [2.05, 4.69) is 4.90 Å². The Labute approximate surface area is 211 Å². The van der Waals surface area contributed by atoms with Crippen LogP contribution in [0.15, 0.2) is 48.0 Å². The number of ether oxygens (including phenoxy) is 2. The van der Waals surface area contributed by atoms with E-state index in [0.717, 1.165) is 18.7 Å². The lowest BCUT2D eigenvalue weighted by Crippen LogP contribution is -2.38. The molecule has 2 amide bonds. The first kappa shape index (κ1) is 26.7. The maximum Gasteiger partial charge on any atom is 0.295 e. The Balaban J connectivity index is 2.07. The van der Waals surface area contributed by atoms with E-state index in [1.807, 2.05) is 20.8 Å². The van der Waals surface area contributed by atoms with Gasteiger partial charge in [0.1, 0.15) is 17.3 Å². The first-order chi connectivity index (χ1) is 17.2. The Kier molecular flexibility index (Phi) is 8.71. The van der Waals surface area contributed by atoms with Gasteiger partial charge in [-0.1, -0.05) is 26.0 Å².